The molecule has 0 amide bonds. The lowest BCUT2D eigenvalue weighted by Gasteiger charge is -1.93. The van der Waals surface area contributed by atoms with E-state index in [4.69, 9.17) is 5.11 Å². The molecular formula is C7H9N3O4. The zero-order valence-electron chi connectivity index (χ0n) is 7.72. The second-order valence-corrected chi connectivity index (χ2v) is 2.68. The van der Waals surface area contributed by atoms with Crippen molar-refractivity contribution in [1.82, 2.24) is 9.78 Å². The van der Waals surface area contributed by atoms with E-state index >= 15 is 0 Å². The molecule has 0 bridgehead atoms. The van der Waals surface area contributed by atoms with Crippen LogP contribution in [0.4, 0.5) is 5.69 Å². The average molecular weight is 199 g/mol. The van der Waals surface area contributed by atoms with Crippen molar-refractivity contribution in [3.8, 4) is 0 Å². The highest BCUT2D eigenvalue weighted by Gasteiger charge is 2.29. The second-order valence-electron chi connectivity index (χ2n) is 2.68. The van der Waals surface area contributed by atoms with Gasteiger partial charge in [0.05, 0.1) is 4.92 Å². The molecule has 7 nitrogen and oxygen atoms in total. The summed E-state index contributed by atoms with van der Waals surface area (Å²) in [6.07, 6.45) is 0.331. The minimum Gasteiger partial charge on any atom is -0.476 e. The van der Waals surface area contributed by atoms with Gasteiger partial charge in [-0.2, -0.15) is 5.10 Å². The number of carboxylic acid groups (broad SMARTS) is 1. The van der Waals surface area contributed by atoms with E-state index in [1.54, 1.807) is 6.92 Å². The van der Waals surface area contributed by atoms with Gasteiger partial charge in [-0.15, -0.1) is 0 Å². The summed E-state index contributed by atoms with van der Waals surface area (Å²) in [6.45, 7) is 1.68. The van der Waals surface area contributed by atoms with E-state index in [2.05, 4.69) is 5.10 Å². The molecule has 0 aromatic carbocycles. The lowest BCUT2D eigenvalue weighted by molar-refractivity contribution is -0.385. The minimum absolute atomic E-state index is 0.190. The molecule has 0 unspecified atom stereocenters. The van der Waals surface area contributed by atoms with E-state index in [0.717, 1.165) is 4.68 Å². The topological polar surface area (TPSA) is 98.3 Å². The highest BCUT2D eigenvalue weighted by molar-refractivity contribution is 5.90. The van der Waals surface area contributed by atoms with E-state index in [0.29, 0.717) is 6.42 Å². The Hall–Kier alpha value is -1.92. The summed E-state index contributed by atoms with van der Waals surface area (Å²) < 4.78 is 1.01. The van der Waals surface area contributed by atoms with E-state index in [9.17, 15) is 14.9 Å². The molecule has 1 aromatic rings. The number of aromatic nitrogens is 2. The Morgan fingerprint density at radius 3 is 2.64 bits per heavy atom. The van der Waals surface area contributed by atoms with Crippen molar-refractivity contribution in [2.24, 2.45) is 7.05 Å². The SMILES string of the molecule is CCc1nn(C)c(C(=O)O)c1[N+](=O)[O-]. The third-order valence-electron chi connectivity index (χ3n) is 1.81. The van der Waals surface area contributed by atoms with Gasteiger partial charge in [0.2, 0.25) is 5.69 Å². The molecule has 14 heavy (non-hydrogen) atoms. The van der Waals surface area contributed by atoms with Crippen LogP contribution in [0.2, 0.25) is 0 Å². The Balaban J connectivity index is 3.46. The van der Waals surface area contributed by atoms with Gasteiger partial charge in [0.15, 0.2) is 0 Å². The Morgan fingerprint density at radius 1 is 1.71 bits per heavy atom. The fourth-order valence-electron chi connectivity index (χ4n) is 1.24. The van der Waals surface area contributed by atoms with E-state index < -0.39 is 16.6 Å². The first kappa shape index (κ1) is 10.2. The summed E-state index contributed by atoms with van der Waals surface area (Å²) in [5.41, 5.74) is -0.607. The predicted molar refractivity (Wildman–Crippen MR) is 46.2 cm³/mol. The van der Waals surface area contributed by atoms with Crippen LogP contribution in [-0.2, 0) is 13.5 Å². The maximum absolute atomic E-state index is 10.7. The predicted octanol–water partition coefficient (Wildman–Crippen LogP) is 0.589. The van der Waals surface area contributed by atoms with E-state index in [1.165, 1.54) is 7.05 Å². The zero-order chi connectivity index (χ0) is 10.9. The van der Waals surface area contributed by atoms with Gasteiger partial charge in [-0.25, -0.2) is 4.79 Å². The molecule has 0 aliphatic heterocycles. The third-order valence-corrected chi connectivity index (χ3v) is 1.81. The fraction of sp³-hybridized carbons (Fsp3) is 0.429. The normalized spacial score (nSPS) is 10.1. The minimum atomic E-state index is -1.34. The largest absolute Gasteiger partial charge is 0.476 e. The van der Waals surface area contributed by atoms with Gasteiger partial charge in [0, 0.05) is 7.05 Å². The van der Waals surface area contributed by atoms with Crippen molar-refractivity contribution < 1.29 is 14.8 Å². The zero-order valence-corrected chi connectivity index (χ0v) is 7.72. The third kappa shape index (κ3) is 1.43. The summed E-state index contributed by atoms with van der Waals surface area (Å²) in [6, 6.07) is 0. The monoisotopic (exact) mass is 199 g/mol. The number of aromatic carboxylic acids is 1. The Labute approximate surface area is 79.1 Å². The summed E-state index contributed by atoms with van der Waals surface area (Å²) in [5, 5.41) is 23.1. The first-order valence-corrected chi connectivity index (χ1v) is 3.92. The molecule has 0 aliphatic carbocycles. The molecule has 0 fully saturated rings. The van der Waals surface area contributed by atoms with Crippen molar-refractivity contribution in [3.63, 3.8) is 0 Å². The molecule has 76 valence electrons. The molecule has 1 N–H and O–H groups in total. The van der Waals surface area contributed by atoms with Crippen LogP contribution in [-0.4, -0.2) is 25.8 Å². The van der Waals surface area contributed by atoms with Crippen molar-refractivity contribution in [2.45, 2.75) is 13.3 Å². The molecule has 1 aromatic heterocycles. The molecule has 0 saturated heterocycles. The fourth-order valence-corrected chi connectivity index (χ4v) is 1.24. The van der Waals surface area contributed by atoms with Crippen LogP contribution in [0.3, 0.4) is 0 Å². The van der Waals surface area contributed by atoms with E-state index in [1.807, 2.05) is 0 Å². The molecule has 0 radical (unpaired) electrons. The summed E-state index contributed by atoms with van der Waals surface area (Å²) in [5.74, 6) is -1.34. The number of nitro groups is 1. The number of hydrogen-bond donors (Lipinski definition) is 1. The van der Waals surface area contributed by atoms with Crippen molar-refractivity contribution >= 4 is 11.7 Å². The van der Waals surface area contributed by atoms with Gasteiger partial charge < -0.3 is 5.11 Å². The van der Waals surface area contributed by atoms with Crippen molar-refractivity contribution in [1.29, 1.82) is 0 Å². The van der Waals surface area contributed by atoms with Gasteiger partial charge >= 0.3 is 11.7 Å². The average Bonchev–Trinajstić information content (AvgIpc) is 2.41. The summed E-state index contributed by atoms with van der Waals surface area (Å²) in [4.78, 5) is 20.6. The Bertz CT molecular complexity index is 396. The van der Waals surface area contributed by atoms with Crippen molar-refractivity contribution in [2.75, 3.05) is 0 Å². The summed E-state index contributed by atoms with van der Waals surface area (Å²) >= 11 is 0. The van der Waals surface area contributed by atoms with Crippen molar-refractivity contribution in [3.05, 3.63) is 21.5 Å². The number of carboxylic acids is 1. The lowest BCUT2D eigenvalue weighted by Crippen LogP contribution is -2.07. The number of rotatable bonds is 3. The first-order chi connectivity index (χ1) is 6.49. The molecule has 0 saturated carbocycles. The van der Waals surface area contributed by atoms with Gasteiger partial charge in [-0.1, -0.05) is 6.92 Å². The van der Waals surface area contributed by atoms with Gasteiger partial charge in [0.1, 0.15) is 5.69 Å². The standard InChI is InChI=1S/C7H9N3O4/c1-3-4-5(10(13)14)6(7(11)12)9(2)8-4/h3H2,1-2H3,(H,11,12). The van der Waals surface area contributed by atoms with Crippen LogP contribution in [0.5, 0.6) is 0 Å². The van der Waals surface area contributed by atoms with Crippen LogP contribution >= 0.6 is 0 Å². The number of hydrogen-bond acceptors (Lipinski definition) is 4. The molecule has 1 heterocycles. The maximum atomic E-state index is 10.7. The highest BCUT2D eigenvalue weighted by atomic mass is 16.6. The smallest absolute Gasteiger partial charge is 0.361 e. The number of aryl methyl sites for hydroxylation is 2. The summed E-state index contributed by atoms with van der Waals surface area (Å²) in [7, 11) is 1.37. The molecule has 7 heteroatoms. The van der Waals surface area contributed by atoms with Crippen LogP contribution in [0.1, 0.15) is 23.1 Å². The lowest BCUT2D eigenvalue weighted by atomic mass is 10.2. The van der Waals surface area contributed by atoms with Gasteiger partial charge in [-0.05, 0) is 6.42 Å². The van der Waals surface area contributed by atoms with Crippen LogP contribution in [0.15, 0.2) is 0 Å². The van der Waals surface area contributed by atoms with Crippen LogP contribution in [0.25, 0.3) is 0 Å². The second kappa shape index (κ2) is 3.44. The number of carbonyl (C=O) groups is 1. The first-order valence-electron chi connectivity index (χ1n) is 3.92. The van der Waals surface area contributed by atoms with Crippen LogP contribution in [0, 0.1) is 10.1 Å². The molecule has 0 aliphatic rings. The van der Waals surface area contributed by atoms with Crippen LogP contribution < -0.4 is 0 Å². The quantitative estimate of drug-likeness (QED) is 0.567. The van der Waals surface area contributed by atoms with Gasteiger partial charge in [-0.3, -0.25) is 14.8 Å². The molecule has 0 spiro atoms. The molecule has 1 rings (SSSR count). The number of nitrogens with zero attached hydrogens (tertiary/aromatic N) is 3. The highest BCUT2D eigenvalue weighted by Crippen LogP contribution is 2.23. The van der Waals surface area contributed by atoms with E-state index in [-0.39, 0.29) is 11.4 Å². The molecule has 0 atom stereocenters. The molecular weight excluding hydrogens is 190 g/mol. The maximum Gasteiger partial charge on any atom is 0.361 e. The van der Waals surface area contributed by atoms with Gasteiger partial charge in [0.25, 0.3) is 0 Å². The Kier molecular flexibility index (Phi) is 2.50. The Morgan fingerprint density at radius 2 is 2.29 bits per heavy atom.